The van der Waals surface area contributed by atoms with Gasteiger partial charge in [0.05, 0.1) is 0 Å². The third kappa shape index (κ3) is 4.25. The quantitative estimate of drug-likeness (QED) is 0.558. The monoisotopic (exact) mass is 425 g/mol. The van der Waals surface area contributed by atoms with Crippen LogP contribution < -0.4 is 10.3 Å². The zero-order chi connectivity index (χ0) is 14.7. The van der Waals surface area contributed by atoms with E-state index in [0.717, 1.165) is 15.7 Å². The van der Waals surface area contributed by atoms with Crippen LogP contribution in [0.25, 0.3) is 11.3 Å². The summed E-state index contributed by atoms with van der Waals surface area (Å²) in [6.45, 7) is 1.97. The summed E-state index contributed by atoms with van der Waals surface area (Å²) in [5.41, 5.74) is 2.26. The van der Waals surface area contributed by atoms with Crippen LogP contribution in [0.1, 0.15) is 5.56 Å². The number of rotatable bonds is 4. The second-order valence-corrected chi connectivity index (χ2v) is 5.23. The molecule has 0 aliphatic heterocycles. The van der Waals surface area contributed by atoms with Gasteiger partial charge in [0.15, 0.2) is 12.4 Å². The van der Waals surface area contributed by atoms with Gasteiger partial charge < -0.3 is 14.0 Å². The summed E-state index contributed by atoms with van der Waals surface area (Å²) in [6.07, 6.45) is 0. The zero-order valence-electron chi connectivity index (χ0n) is 12.1. The number of hydrogen-bond donors (Lipinski definition) is 0. The third-order valence-electron chi connectivity index (χ3n) is 2.94. The van der Waals surface area contributed by atoms with Crippen LogP contribution in [-0.2, 0) is 44.5 Å². The van der Waals surface area contributed by atoms with Crippen molar-refractivity contribution >= 4 is 15.9 Å². The molecule has 1 heterocycles. The summed E-state index contributed by atoms with van der Waals surface area (Å²) in [5, 5.41) is 0. The van der Waals surface area contributed by atoms with Crippen molar-refractivity contribution in [2.24, 2.45) is 7.05 Å². The van der Waals surface area contributed by atoms with E-state index in [2.05, 4.69) is 22.0 Å². The third-order valence-corrected chi connectivity index (χ3v) is 3.60. The van der Waals surface area contributed by atoms with Crippen molar-refractivity contribution in [2.75, 3.05) is 13.9 Å². The minimum Gasteiger partial charge on any atom is -0.468 e. The second-order valence-electron chi connectivity index (χ2n) is 4.38. The van der Waals surface area contributed by atoms with Crippen molar-refractivity contribution < 1.29 is 42.2 Å². The fraction of sp³-hybridized carbons (Fsp3) is 0.267. The molecule has 0 saturated carbocycles. The maximum Gasteiger partial charge on any atom is 0.197 e. The van der Waals surface area contributed by atoms with E-state index in [1.54, 1.807) is 31.7 Å². The molecule has 0 fully saturated rings. The van der Waals surface area contributed by atoms with Crippen molar-refractivity contribution in [3.05, 3.63) is 50.7 Å². The molecule has 1 radical (unpaired) electrons. The van der Waals surface area contributed by atoms with Gasteiger partial charge in [0, 0.05) is 46.9 Å². The Bertz CT molecular complexity index is 685. The Hall–Kier alpha value is -0.486. The fourth-order valence-corrected chi connectivity index (χ4v) is 2.41. The number of nitrogens with zero attached hydrogens (tertiary/aromatic N) is 1. The molecular formula is C15H15BrNO3Y-. The molecule has 4 nitrogen and oxygen atoms in total. The molecule has 0 amide bonds. The van der Waals surface area contributed by atoms with E-state index in [9.17, 15) is 4.79 Å². The van der Waals surface area contributed by atoms with Crippen LogP contribution in [0.5, 0.6) is 5.75 Å². The number of aryl methyl sites for hydroxylation is 1. The minimum absolute atomic E-state index is 0. The summed E-state index contributed by atoms with van der Waals surface area (Å²) in [7, 11) is 3.31. The van der Waals surface area contributed by atoms with E-state index < -0.39 is 0 Å². The molecule has 0 spiro atoms. The maximum atomic E-state index is 12.0. The Morgan fingerprint density at radius 3 is 2.71 bits per heavy atom. The molecule has 1 aromatic heterocycles. The average Bonchev–Trinajstić information content (AvgIpc) is 2.44. The van der Waals surface area contributed by atoms with Crippen molar-refractivity contribution in [1.82, 2.24) is 4.57 Å². The Kier molecular flexibility index (Phi) is 7.27. The van der Waals surface area contributed by atoms with Crippen molar-refractivity contribution in [2.45, 2.75) is 6.92 Å². The number of methoxy groups -OCH3 is 1. The second kappa shape index (κ2) is 8.23. The number of halogens is 1. The maximum absolute atomic E-state index is 12.0. The largest absolute Gasteiger partial charge is 0.468 e. The van der Waals surface area contributed by atoms with Crippen LogP contribution in [0.2, 0.25) is 0 Å². The molecular weight excluding hydrogens is 411 g/mol. The van der Waals surface area contributed by atoms with E-state index in [-0.39, 0.29) is 45.1 Å². The van der Waals surface area contributed by atoms with Crippen molar-refractivity contribution in [3.63, 3.8) is 0 Å². The summed E-state index contributed by atoms with van der Waals surface area (Å²) >= 11 is 3.50. The van der Waals surface area contributed by atoms with E-state index >= 15 is 0 Å². The molecule has 1 aromatic carbocycles. The Morgan fingerprint density at radius 2 is 2.10 bits per heavy atom. The molecule has 21 heavy (non-hydrogen) atoms. The van der Waals surface area contributed by atoms with Gasteiger partial charge in [-0.1, -0.05) is 39.7 Å². The van der Waals surface area contributed by atoms with Gasteiger partial charge in [0.25, 0.3) is 0 Å². The Labute approximate surface area is 157 Å². The number of benzene rings is 1. The first-order valence-corrected chi connectivity index (χ1v) is 6.84. The fourth-order valence-electron chi connectivity index (χ4n) is 1.86. The molecule has 0 unspecified atom stereocenters. The van der Waals surface area contributed by atoms with Crippen molar-refractivity contribution in [1.29, 1.82) is 0 Å². The van der Waals surface area contributed by atoms with E-state index in [4.69, 9.17) is 9.47 Å². The number of hydrogen-bond acceptors (Lipinski definition) is 3. The molecule has 6 heteroatoms. The summed E-state index contributed by atoms with van der Waals surface area (Å²) < 4.78 is 12.7. The number of ether oxygens (including phenoxy) is 2. The van der Waals surface area contributed by atoms with Gasteiger partial charge in [0.2, 0.25) is 0 Å². The van der Waals surface area contributed by atoms with E-state index in [1.165, 1.54) is 0 Å². The molecule has 2 aromatic rings. The Morgan fingerprint density at radius 1 is 1.38 bits per heavy atom. The number of pyridine rings is 1. The van der Waals surface area contributed by atoms with E-state index in [1.807, 2.05) is 18.2 Å². The smallest absolute Gasteiger partial charge is 0.197 e. The predicted molar refractivity (Wildman–Crippen MR) is 80.9 cm³/mol. The summed E-state index contributed by atoms with van der Waals surface area (Å²) in [5.74, 6) is 0.694. The first kappa shape index (κ1) is 18.6. The zero-order valence-corrected chi connectivity index (χ0v) is 16.6. The van der Waals surface area contributed by atoms with Gasteiger partial charge in [-0.25, -0.2) is 0 Å². The SMILES string of the molecule is COCOc1ccc(-c2[c-]cc(C)c(=O)n2C)c(Br)c1.[Y]. The summed E-state index contributed by atoms with van der Waals surface area (Å²) in [6, 6.07) is 10.4. The van der Waals surface area contributed by atoms with Crippen LogP contribution >= 0.6 is 15.9 Å². The standard InChI is InChI=1S/C15H15BrNO3.Y/c1-10-4-7-14(17(2)15(10)18)12-6-5-11(8-13(12)16)20-9-19-3;/h4-6,8H,9H2,1-3H3;/q-1;. The van der Waals surface area contributed by atoms with Gasteiger partial charge in [-0.2, -0.15) is 12.1 Å². The molecule has 0 atom stereocenters. The normalized spacial score (nSPS) is 10.1. The summed E-state index contributed by atoms with van der Waals surface area (Å²) in [4.78, 5) is 12.0. The van der Waals surface area contributed by atoms with E-state index in [0.29, 0.717) is 11.3 Å². The van der Waals surface area contributed by atoms with Crippen LogP contribution in [0, 0.1) is 13.0 Å². The topological polar surface area (TPSA) is 40.5 Å². The molecule has 2 rings (SSSR count). The first-order chi connectivity index (χ1) is 9.54. The molecule has 0 aliphatic rings. The van der Waals surface area contributed by atoms with Crippen LogP contribution in [0.15, 0.2) is 33.5 Å². The van der Waals surface area contributed by atoms with Gasteiger partial charge in [-0.15, -0.1) is 6.07 Å². The molecule has 0 N–H and O–H groups in total. The minimum atomic E-state index is -0.0228. The van der Waals surface area contributed by atoms with Gasteiger partial charge >= 0.3 is 0 Å². The molecule has 0 bridgehead atoms. The van der Waals surface area contributed by atoms with Crippen molar-refractivity contribution in [3.8, 4) is 17.0 Å². The first-order valence-electron chi connectivity index (χ1n) is 6.04. The average molecular weight is 426 g/mol. The van der Waals surface area contributed by atoms with Crippen LogP contribution in [-0.4, -0.2) is 18.5 Å². The molecule has 109 valence electrons. The number of aromatic nitrogens is 1. The van der Waals surface area contributed by atoms with Gasteiger partial charge in [-0.05, 0) is 16.6 Å². The van der Waals surface area contributed by atoms with Crippen LogP contribution in [0.3, 0.4) is 0 Å². The molecule has 0 aliphatic carbocycles. The van der Waals surface area contributed by atoms with Gasteiger partial charge in [0.1, 0.15) is 5.75 Å². The Balaban J connectivity index is 0.00000220. The van der Waals surface area contributed by atoms with Crippen LogP contribution in [0.4, 0.5) is 0 Å². The van der Waals surface area contributed by atoms with Gasteiger partial charge in [-0.3, -0.25) is 4.79 Å². The molecule has 0 saturated heterocycles. The predicted octanol–water partition coefficient (Wildman–Crippen LogP) is 2.90.